The molecule has 4 rings (SSSR count). The predicted molar refractivity (Wildman–Crippen MR) is 105 cm³/mol. The Morgan fingerprint density at radius 3 is 1.97 bits per heavy atom. The summed E-state index contributed by atoms with van der Waals surface area (Å²) in [6.45, 7) is 0. The standard InChI is InChI=1S/C22H14N2O5/c25-19(23-15-5-3-4-14(12-15)22(28)29)13-8-10-16(11-9-13)24-20(26)17-6-1-2-7-18(17)21(24)27/h1-12H,(H,23,25)(H,28,29). The Hall–Kier alpha value is -4.26. The molecule has 0 saturated carbocycles. The number of rotatable bonds is 4. The van der Waals surface area contributed by atoms with Gasteiger partial charge < -0.3 is 10.4 Å². The molecule has 0 atom stereocenters. The first-order chi connectivity index (χ1) is 14.0. The summed E-state index contributed by atoms with van der Waals surface area (Å²) in [5.41, 5.74) is 1.75. The van der Waals surface area contributed by atoms with E-state index in [2.05, 4.69) is 5.32 Å². The molecule has 1 aliphatic rings. The van der Waals surface area contributed by atoms with Crippen molar-refractivity contribution < 1.29 is 24.3 Å². The highest BCUT2D eigenvalue weighted by molar-refractivity contribution is 6.34. The largest absolute Gasteiger partial charge is 0.478 e. The molecule has 0 aliphatic carbocycles. The fourth-order valence-corrected chi connectivity index (χ4v) is 3.12. The topological polar surface area (TPSA) is 104 Å². The number of carbonyl (C=O) groups excluding carboxylic acids is 3. The molecule has 0 bridgehead atoms. The number of amides is 3. The quantitative estimate of drug-likeness (QED) is 0.669. The zero-order valence-corrected chi connectivity index (χ0v) is 15.0. The lowest BCUT2D eigenvalue weighted by Gasteiger charge is -2.14. The third-order valence-corrected chi connectivity index (χ3v) is 4.55. The average Bonchev–Trinajstić information content (AvgIpc) is 2.99. The minimum absolute atomic E-state index is 0.0590. The van der Waals surface area contributed by atoms with Crippen LogP contribution in [0.2, 0.25) is 0 Å². The molecule has 0 fully saturated rings. The second-order valence-corrected chi connectivity index (χ2v) is 6.38. The zero-order chi connectivity index (χ0) is 20.5. The van der Waals surface area contributed by atoms with Crippen LogP contribution in [0.1, 0.15) is 41.4 Å². The van der Waals surface area contributed by atoms with E-state index in [0.717, 1.165) is 4.90 Å². The molecule has 7 nitrogen and oxygen atoms in total. The summed E-state index contributed by atoms with van der Waals surface area (Å²) < 4.78 is 0. The van der Waals surface area contributed by atoms with Gasteiger partial charge in [-0.3, -0.25) is 14.4 Å². The molecular formula is C22H14N2O5. The van der Waals surface area contributed by atoms with Crippen molar-refractivity contribution in [2.75, 3.05) is 10.2 Å². The molecule has 3 amide bonds. The Labute approximate surface area is 165 Å². The lowest BCUT2D eigenvalue weighted by atomic mass is 10.1. The maximum atomic E-state index is 12.5. The third-order valence-electron chi connectivity index (χ3n) is 4.55. The minimum Gasteiger partial charge on any atom is -0.478 e. The van der Waals surface area contributed by atoms with Crippen LogP contribution in [0.5, 0.6) is 0 Å². The molecule has 3 aromatic carbocycles. The van der Waals surface area contributed by atoms with E-state index in [1.807, 2.05) is 0 Å². The summed E-state index contributed by atoms with van der Waals surface area (Å²) in [5.74, 6) is -2.35. The first-order valence-corrected chi connectivity index (χ1v) is 8.68. The second-order valence-electron chi connectivity index (χ2n) is 6.38. The van der Waals surface area contributed by atoms with E-state index in [9.17, 15) is 19.2 Å². The summed E-state index contributed by atoms with van der Waals surface area (Å²) in [6, 6.07) is 18.5. The van der Waals surface area contributed by atoms with Crippen molar-refractivity contribution in [3.05, 3.63) is 95.1 Å². The number of nitrogens with one attached hydrogen (secondary N) is 1. The summed E-state index contributed by atoms with van der Waals surface area (Å²) >= 11 is 0. The highest BCUT2D eigenvalue weighted by Gasteiger charge is 2.36. The smallest absolute Gasteiger partial charge is 0.335 e. The monoisotopic (exact) mass is 386 g/mol. The molecule has 3 aromatic rings. The molecule has 0 saturated heterocycles. The Kier molecular flexibility index (Phi) is 4.40. The summed E-state index contributed by atoms with van der Waals surface area (Å²) in [6.07, 6.45) is 0. The van der Waals surface area contributed by atoms with Crippen molar-refractivity contribution in [2.24, 2.45) is 0 Å². The van der Waals surface area contributed by atoms with Gasteiger partial charge in [-0.1, -0.05) is 18.2 Å². The molecule has 1 aliphatic heterocycles. The number of nitrogens with zero attached hydrogens (tertiary/aromatic N) is 1. The highest BCUT2D eigenvalue weighted by Crippen LogP contribution is 2.28. The van der Waals surface area contributed by atoms with E-state index in [0.29, 0.717) is 28.1 Å². The number of carboxylic acids is 1. The minimum atomic E-state index is -1.09. The van der Waals surface area contributed by atoms with Gasteiger partial charge in [0.05, 0.1) is 22.4 Å². The fourth-order valence-electron chi connectivity index (χ4n) is 3.12. The molecular weight excluding hydrogens is 372 g/mol. The number of aromatic carboxylic acids is 1. The molecule has 2 N–H and O–H groups in total. The first kappa shape index (κ1) is 18.1. The van der Waals surface area contributed by atoms with Gasteiger partial charge in [0, 0.05) is 11.3 Å². The van der Waals surface area contributed by atoms with E-state index >= 15 is 0 Å². The predicted octanol–water partition coefficient (Wildman–Crippen LogP) is 3.44. The van der Waals surface area contributed by atoms with Crippen molar-refractivity contribution in [1.82, 2.24) is 0 Å². The van der Waals surface area contributed by atoms with E-state index in [1.54, 1.807) is 30.3 Å². The van der Waals surface area contributed by atoms with Crippen LogP contribution >= 0.6 is 0 Å². The van der Waals surface area contributed by atoms with Gasteiger partial charge in [0.15, 0.2) is 0 Å². The summed E-state index contributed by atoms with van der Waals surface area (Å²) in [7, 11) is 0. The first-order valence-electron chi connectivity index (χ1n) is 8.68. The molecule has 1 heterocycles. The van der Waals surface area contributed by atoms with Crippen molar-refractivity contribution in [1.29, 1.82) is 0 Å². The van der Waals surface area contributed by atoms with E-state index in [4.69, 9.17) is 5.11 Å². The van der Waals surface area contributed by atoms with Gasteiger partial charge in [0.1, 0.15) is 0 Å². The zero-order valence-electron chi connectivity index (χ0n) is 15.0. The van der Waals surface area contributed by atoms with Gasteiger partial charge in [-0.2, -0.15) is 0 Å². The molecule has 29 heavy (non-hydrogen) atoms. The van der Waals surface area contributed by atoms with Gasteiger partial charge in [-0.05, 0) is 54.6 Å². The van der Waals surface area contributed by atoms with Crippen molar-refractivity contribution in [3.63, 3.8) is 0 Å². The van der Waals surface area contributed by atoms with Gasteiger partial charge in [0.2, 0.25) is 0 Å². The van der Waals surface area contributed by atoms with Crippen molar-refractivity contribution in [2.45, 2.75) is 0 Å². The van der Waals surface area contributed by atoms with Crippen molar-refractivity contribution in [3.8, 4) is 0 Å². The van der Waals surface area contributed by atoms with E-state index in [1.165, 1.54) is 42.5 Å². The maximum absolute atomic E-state index is 12.5. The highest BCUT2D eigenvalue weighted by atomic mass is 16.4. The van der Waals surface area contributed by atoms with Crippen molar-refractivity contribution >= 4 is 35.1 Å². The Morgan fingerprint density at radius 2 is 1.38 bits per heavy atom. The summed E-state index contributed by atoms with van der Waals surface area (Å²) in [5, 5.41) is 11.7. The SMILES string of the molecule is O=C(O)c1cccc(NC(=O)c2ccc(N3C(=O)c4ccccc4C3=O)cc2)c1. The third kappa shape index (κ3) is 3.25. The number of carbonyl (C=O) groups is 4. The van der Waals surface area contributed by atoms with Gasteiger partial charge in [-0.25, -0.2) is 9.69 Å². The Morgan fingerprint density at radius 1 is 0.759 bits per heavy atom. The number of carboxylic acid groups (broad SMARTS) is 1. The molecule has 0 radical (unpaired) electrons. The van der Waals surface area contributed by atoms with E-state index in [-0.39, 0.29) is 5.56 Å². The van der Waals surface area contributed by atoms with Crippen LogP contribution in [-0.4, -0.2) is 28.8 Å². The number of hydrogen-bond donors (Lipinski definition) is 2. The normalized spacial score (nSPS) is 12.6. The van der Waals surface area contributed by atoms with Crippen LogP contribution in [0.4, 0.5) is 11.4 Å². The lowest BCUT2D eigenvalue weighted by molar-refractivity contribution is 0.0696. The van der Waals surface area contributed by atoms with Gasteiger partial charge >= 0.3 is 5.97 Å². The average molecular weight is 386 g/mol. The van der Waals surface area contributed by atoms with Gasteiger partial charge in [0.25, 0.3) is 17.7 Å². The fraction of sp³-hybridized carbons (Fsp3) is 0. The van der Waals surface area contributed by atoms with Crippen LogP contribution in [0.25, 0.3) is 0 Å². The van der Waals surface area contributed by atoms with Crippen LogP contribution in [0, 0.1) is 0 Å². The Balaban J connectivity index is 1.53. The number of fused-ring (bicyclic) bond motifs is 1. The summed E-state index contributed by atoms with van der Waals surface area (Å²) in [4.78, 5) is 49.6. The number of imide groups is 1. The van der Waals surface area contributed by atoms with Crippen LogP contribution < -0.4 is 10.2 Å². The number of anilines is 2. The molecule has 7 heteroatoms. The second kappa shape index (κ2) is 7.05. The maximum Gasteiger partial charge on any atom is 0.335 e. The van der Waals surface area contributed by atoms with Crippen LogP contribution in [0.3, 0.4) is 0 Å². The van der Waals surface area contributed by atoms with Gasteiger partial charge in [-0.15, -0.1) is 0 Å². The number of benzene rings is 3. The lowest BCUT2D eigenvalue weighted by Crippen LogP contribution is -2.29. The Bertz CT molecular complexity index is 1130. The molecule has 142 valence electrons. The van der Waals surface area contributed by atoms with E-state index < -0.39 is 23.7 Å². The molecule has 0 spiro atoms. The van der Waals surface area contributed by atoms with Crippen LogP contribution in [0.15, 0.2) is 72.8 Å². The molecule has 0 aromatic heterocycles. The van der Waals surface area contributed by atoms with Crippen LogP contribution in [-0.2, 0) is 0 Å². The molecule has 0 unspecified atom stereocenters. The number of hydrogen-bond acceptors (Lipinski definition) is 4.